The summed E-state index contributed by atoms with van der Waals surface area (Å²) in [7, 11) is 1.65. The lowest BCUT2D eigenvalue weighted by Gasteiger charge is -2.12. The van der Waals surface area contributed by atoms with Crippen LogP contribution in [0, 0.1) is 13.8 Å². The van der Waals surface area contributed by atoms with E-state index in [0.717, 1.165) is 22.4 Å². The summed E-state index contributed by atoms with van der Waals surface area (Å²) in [5, 5.41) is 2.70. The van der Waals surface area contributed by atoms with Crippen molar-refractivity contribution in [3.63, 3.8) is 0 Å². The molecule has 0 saturated carbocycles. The Morgan fingerprint density at radius 3 is 2.59 bits per heavy atom. The molecule has 0 heterocycles. The molecule has 0 radical (unpaired) electrons. The summed E-state index contributed by atoms with van der Waals surface area (Å²) < 4.78 is 10.0. The number of benzene rings is 1. The molecule has 1 rings (SSSR count). The number of nitrogens with one attached hydrogen (secondary N) is 1. The number of hydrogen-bond donors (Lipinski definition) is 1. The van der Waals surface area contributed by atoms with Gasteiger partial charge in [-0.1, -0.05) is 6.07 Å². The van der Waals surface area contributed by atoms with Crippen LogP contribution in [0.2, 0.25) is 0 Å². The number of rotatable bonds is 4. The highest BCUT2D eigenvalue weighted by atomic mass is 16.5. The van der Waals surface area contributed by atoms with Crippen molar-refractivity contribution in [1.82, 2.24) is 5.32 Å². The normalized spacial score (nSPS) is 9.88. The van der Waals surface area contributed by atoms with Crippen molar-refractivity contribution in [2.24, 2.45) is 0 Å². The van der Waals surface area contributed by atoms with Crippen LogP contribution in [0.25, 0.3) is 0 Å². The van der Waals surface area contributed by atoms with Gasteiger partial charge in [0.05, 0.1) is 13.7 Å². The van der Waals surface area contributed by atoms with E-state index in [2.05, 4.69) is 5.32 Å². The molecule has 0 saturated heterocycles. The molecule has 0 aliphatic carbocycles. The van der Waals surface area contributed by atoms with Crippen molar-refractivity contribution >= 4 is 6.09 Å². The summed E-state index contributed by atoms with van der Waals surface area (Å²) in [5.41, 5.74) is 3.21. The first-order valence-electron chi connectivity index (χ1n) is 5.63. The smallest absolute Gasteiger partial charge is 0.407 e. The molecule has 1 aromatic carbocycles. The van der Waals surface area contributed by atoms with Crippen LogP contribution < -0.4 is 10.1 Å². The molecule has 0 bridgehead atoms. The van der Waals surface area contributed by atoms with Crippen molar-refractivity contribution in [3.05, 3.63) is 28.8 Å². The summed E-state index contributed by atoms with van der Waals surface area (Å²) >= 11 is 0. The van der Waals surface area contributed by atoms with Gasteiger partial charge >= 0.3 is 6.09 Å². The summed E-state index contributed by atoms with van der Waals surface area (Å²) in [6.07, 6.45) is -0.389. The average Bonchev–Trinajstić information content (AvgIpc) is 2.30. The lowest BCUT2D eigenvalue weighted by Crippen LogP contribution is -2.24. The Labute approximate surface area is 102 Å². The monoisotopic (exact) mass is 237 g/mol. The predicted molar refractivity (Wildman–Crippen MR) is 66.3 cm³/mol. The SMILES string of the molecule is CCOC(=O)NCc1cc(C)c(OC)cc1C. The largest absolute Gasteiger partial charge is 0.496 e. The lowest BCUT2D eigenvalue weighted by atomic mass is 10.0. The van der Waals surface area contributed by atoms with Gasteiger partial charge in [0.1, 0.15) is 5.75 Å². The number of aryl methyl sites for hydroxylation is 2. The van der Waals surface area contributed by atoms with E-state index >= 15 is 0 Å². The first kappa shape index (κ1) is 13.4. The first-order valence-corrected chi connectivity index (χ1v) is 5.63. The highest BCUT2D eigenvalue weighted by Crippen LogP contribution is 2.22. The van der Waals surface area contributed by atoms with Crippen LogP contribution in [0.15, 0.2) is 12.1 Å². The quantitative estimate of drug-likeness (QED) is 0.875. The van der Waals surface area contributed by atoms with Crippen LogP contribution in [0.4, 0.5) is 4.79 Å². The summed E-state index contributed by atoms with van der Waals surface area (Å²) in [5.74, 6) is 0.863. The Morgan fingerprint density at radius 2 is 2.00 bits per heavy atom. The van der Waals surface area contributed by atoms with Crippen LogP contribution >= 0.6 is 0 Å². The molecule has 1 N–H and O–H groups in total. The second kappa shape index (κ2) is 6.13. The fourth-order valence-electron chi connectivity index (χ4n) is 1.61. The number of carbonyl (C=O) groups is 1. The average molecular weight is 237 g/mol. The minimum atomic E-state index is -0.389. The van der Waals surface area contributed by atoms with Gasteiger partial charge in [-0.3, -0.25) is 0 Å². The van der Waals surface area contributed by atoms with E-state index in [0.29, 0.717) is 13.2 Å². The van der Waals surface area contributed by atoms with Gasteiger partial charge in [0.2, 0.25) is 0 Å². The van der Waals surface area contributed by atoms with Crippen molar-refractivity contribution in [2.45, 2.75) is 27.3 Å². The molecule has 1 amide bonds. The van der Waals surface area contributed by atoms with E-state index in [-0.39, 0.29) is 6.09 Å². The molecule has 0 aromatic heterocycles. The van der Waals surface area contributed by atoms with E-state index < -0.39 is 0 Å². The minimum absolute atomic E-state index is 0.381. The first-order chi connectivity index (χ1) is 8.08. The van der Waals surface area contributed by atoms with E-state index in [9.17, 15) is 4.79 Å². The Morgan fingerprint density at radius 1 is 1.29 bits per heavy atom. The fraction of sp³-hybridized carbons (Fsp3) is 0.462. The van der Waals surface area contributed by atoms with E-state index in [1.807, 2.05) is 26.0 Å². The summed E-state index contributed by atoms with van der Waals surface area (Å²) in [4.78, 5) is 11.2. The second-order valence-corrected chi connectivity index (χ2v) is 3.82. The molecule has 0 atom stereocenters. The molecular formula is C13H19NO3. The Hall–Kier alpha value is -1.71. The maximum Gasteiger partial charge on any atom is 0.407 e. The Kier molecular flexibility index (Phi) is 4.82. The number of methoxy groups -OCH3 is 1. The minimum Gasteiger partial charge on any atom is -0.496 e. The molecular weight excluding hydrogens is 218 g/mol. The number of amides is 1. The molecule has 0 aliphatic heterocycles. The number of carbonyl (C=O) groups excluding carboxylic acids is 1. The van der Waals surface area contributed by atoms with Gasteiger partial charge in [-0.2, -0.15) is 0 Å². The lowest BCUT2D eigenvalue weighted by molar-refractivity contribution is 0.151. The fourth-order valence-corrected chi connectivity index (χ4v) is 1.61. The highest BCUT2D eigenvalue weighted by molar-refractivity contribution is 5.67. The van der Waals surface area contributed by atoms with Gasteiger partial charge in [0.25, 0.3) is 0 Å². The van der Waals surface area contributed by atoms with Crippen LogP contribution in [-0.2, 0) is 11.3 Å². The van der Waals surface area contributed by atoms with Crippen molar-refractivity contribution in [2.75, 3.05) is 13.7 Å². The molecule has 1 aromatic rings. The van der Waals surface area contributed by atoms with Gasteiger partial charge in [-0.05, 0) is 43.5 Å². The van der Waals surface area contributed by atoms with Crippen molar-refractivity contribution < 1.29 is 14.3 Å². The molecule has 4 nitrogen and oxygen atoms in total. The van der Waals surface area contributed by atoms with Crippen LogP contribution in [-0.4, -0.2) is 19.8 Å². The Bertz CT molecular complexity index is 402. The number of alkyl carbamates (subject to hydrolysis) is 1. The predicted octanol–water partition coefficient (Wildman–Crippen LogP) is 2.56. The van der Waals surface area contributed by atoms with Crippen LogP contribution in [0.1, 0.15) is 23.6 Å². The number of ether oxygens (including phenoxy) is 2. The molecule has 4 heteroatoms. The van der Waals surface area contributed by atoms with Gasteiger partial charge in [-0.15, -0.1) is 0 Å². The molecule has 0 aliphatic rings. The molecule has 94 valence electrons. The van der Waals surface area contributed by atoms with Gasteiger partial charge in [0.15, 0.2) is 0 Å². The zero-order chi connectivity index (χ0) is 12.8. The standard InChI is InChI=1S/C13H19NO3/c1-5-17-13(15)14-8-11-6-10(3)12(16-4)7-9(11)2/h6-7H,5,8H2,1-4H3,(H,14,15). The van der Waals surface area contributed by atoms with E-state index in [4.69, 9.17) is 9.47 Å². The van der Waals surface area contributed by atoms with Gasteiger partial charge in [0, 0.05) is 6.54 Å². The zero-order valence-corrected chi connectivity index (χ0v) is 10.8. The third kappa shape index (κ3) is 3.66. The second-order valence-electron chi connectivity index (χ2n) is 3.82. The molecule has 17 heavy (non-hydrogen) atoms. The maximum absolute atomic E-state index is 11.2. The number of hydrogen-bond acceptors (Lipinski definition) is 3. The molecule has 0 spiro atoms. The van der Waals surface area contributed by atoms with Gasteiger partial charge < -0.3 is 14.8 Å². The van der Waals surface area contributed by atoms with Crippen molar-refractivity contribution in [1.29, 1.82) is 0 Å². The van der Waals surface area contributed by atoms with Gasteiger partial charge in [-0.25, -0.2) is 4.79 Å². The van der Waals surface area contributed by atoms with Crippen molar-refractivity contribution in [3.8, 4) is 5.75 Å². The van der Waals surface area contributed by atoms with Crippen LogP contribution in [0.5, 0.6) is 5.75 Å². The maximum atomic E-state index is 11.2. The van der Waals surface area contributed by atoms with E-state index in [1.54, 1.807) is 14.0 Å². The van der Waals surface area contributed by atoms with E-state index in [1.165, 1.54) is 0 Å². The Balaban J connectivity index is 2.72. The highest BCUT2D eigenvalue weighted by Gasteiger charge is 2.06. The zero-order valence-electron chi connectivity index (χ0n) is 10.8. The topological polar surface area (TPSA) is 47.6 Å². The summed E-state index contributed by atoms with van der Waals surface area (Å²) in [6.45, 7) is 6.60. The molecule has 0 fully saturated rings. The molecule has 0 unspecified atom stereocenters. The third-order valence-corrected chi connectivity index (χ3v) is 2.55. The van der Waals surface area contributed by atoms with Crippen LogP contribution in [0.3, 0.4) is 0 Å². The summed E-state index contributed by atoms with van der Waals surface area (Å²) in [6, 6.07) is 3.98. The third-order valence-electron chi connectivity index (χ3n) is 2.55.